The van der Waals surface area contributed by atoms with Crippen LogP contribution < -0.4 is 5.73 Å². The van der Waals surface area contributed by atoms with Crippen molar-refractivity contribution in [3.8, 4) is 0 Å². The molecule has 0 radical (unpaired) electrons. The summed E-state index contributed by atoms with van der Waals surface area (Å²) in [6.45, 7) is 2.01. The van der Waals surface area contributed by atoms with E-state index in [1.165, 1.54) is 22.6 Å². The monoisotopic (exact) mass is 301 g/mol. The van der Waals surface area contributed by atoms with Gasteiger partial charge in [-0.05, 0) is 25.5 Å². The van der Waals surface area contributed by atoms with Crippen LogP contribution in [0, 0.1) is 0 Å². The Morgan fingerprint density at radius 1 is 1.58 bits per heavy atom. The topological polar surface area (TPSA) is 96.5 Å². The van der Waals surface area contributed by atoms with E-state index in [0.29, 0.717) is 18.7 Å². The number of hydrogen-bond donors (Lipinski definition) is 2. The Morgan fingerprint density at radius 2 is 2.26 bits per heavy atom. The first-order valence-corrected chi connectivity index (χ1v) is 7.56. The lowest BCUT2D eigenvalue weighted by molar-refractivity contribution is 0.0762. The molecule has 0 spiro atoms. The molecule has 1 atom stereocenters. The van der Waals surface area contributed by atoms with Crippen molar-refractivity contribution >= 4 is 27.2 Å². The largest absolute Gasteiger partial charge is 0.389 e. The van der Waals surface area contributed by atoms with Gasteiger partial charge in [-0.3, -0.25) is 4.98 Å². The minimum Gasteiger partial charge on any atom is -0.389 e. The van der Waals surface area contributed by atoms with Gasteiger partial charge in [-0.15, -0.1) is 0 Å². The third kappa shape index (κ3) is 2.92. The molecule has 1 aromatic rings. The minimum atomic E-state index is -3.63. The Kier molecular flexibility index (Phi) is 3.61. The molecular weight excluding hydrogens is 286 g/mol. The number of rotatable bonds is 3. The van der Waals surface area contributed by atoms with E-state index in [-0.39, 0.29) is 16.4 Å². The molecule has 1 aliphatic heterocycles. The van der Waals surface area contributed by atoms with E-state index in [1.54, 1.807) is 6.92 Å². The highest BCUT2D eigenvalue weighted by atomic mass is 32.2. The summed E-state index contributed by atoms with van der Waals surface area (Å²) in [5.41, 5.74) is 4.81. The van der Waals surface area contributed by atoms with E-state index in [1.807, 2.05) is 0 Å². The summed E-state index contributed by atoms with van der Waals surface area (Å²) in [7, 11) is -3.63. The van der Waals surface area contributed by atoms with E-state index in [2.05, 4.69) is 4.98 Å². The van der Waals surface area contributed by atoms with Crippen LogP contribution in [0.3, 0.4) is 0 Å². The number of hydrogen-bond acceptors (Lipinski definition) is 5. The molecular formula is C11H15N3O3S2. The Morgan fingerprint density at radius 3 is 2.68 bits per heavy atom. The van der Waals surface area contributed by atoms with Crippen LogP contribution in [0.25, 0.3) is 0 Å². The fourth-order valence-corrected chi connectivity index (χ4v) is 3.56. The zero-order chi connectivity index (χ0) is 14.3. The molecule has 3 N–H and O–H groups in total. The van der Waals surface area contributed by atoms with Gasteiger partial charge in [0.15, 0.2) is 0 Å². The summed E-state index contributed by atoms with van der Waals surface area (Å²) < 4.78 is 25.9. The molecule has 0 saturated carbocycles. The Hall–Kier alpha value is -1.09. The number of β-amino-alcohol motifs (C(OH)–C–C–N with tert-alkyl or cyclic N) is 1. The summed E-state index contributed by atoms with van der Waals surface area (Å²) in [5, 5.41) is 9.84. The Labute approximate surface area is 117 Å². The van der Waals surface area contributed by atoms with Crippen LogP contribution in [0.15, 0.2) is 23.2 Å². The van der Waals surface area contributed by atoms with Crippen molar-refractivity contribution in [2.75, 3.05) is 13.1 Å². The van der Waals surface area contributed by atoms with Gasteiger partial charge in [0.2, 0.25) is 10.0 Å². The fraction of sp³-hybridized carbons (Fsp3) is 0.455. The predicted octanol–water partition coefficient (Wildman–Crippen LogP) is -0.139. The number of aromatic nitrogens is 1. The highest BCUT2D eigenvalue weighted by Crippen LogP contribution is 2.26. The van der Waals surface area contributed by atoms with Crippen LogP contribution >= 0.6 is 12.2 Å². The molecule has 104 valence electrons. The number of sulfonamides is 1. The summed E-state index contributed by atoms with van der Waals surface area (Å²) in [5.74, 6) is 0. The zero-order valence-electron chi connectivity index (χ0n) is 10.4. The molecule has 1 fully saturated rings. The lowest BCUT2D eigenvalue weighted by Crippen LogP contribution is -2.34. The predicted molar refractivity (Wildman–Crippen MR) is 74.1 cm³/mol. The molecule has 1 unspecified atom stereocenters. The van der Waals surface area contributed by atoms with E-state index in [4.69, 9.17) is 18.0 Å². The maximum Gasteiger partial charge on any atom is 0.244 e. The maximum atomic E-state index is 12.3. The summed E-state index contributed by atoms with van der Waals surface area (Å²) in [4.78, 5) is 4.11. The molecule has 1 aromatic heterocycles. The van der Waals surface area contributed by atoms with Crippen LogP contribution in [-0.4, -0.2) is 46.5 Å². The SMILES string of the molecule is CC1(O)CCN(S(=O)(=O)c2ccc(C(N)=S)nc2)C1. The normalized spacial score (nSPS) is 24.5. The van der Waals surface area contributed by atoms with Crippen molar-refractivity contribution in [3.63, 3.8) is 0 Å². The molecule has 2 rings (SSSR count). The van der Waals surface area contributed by atoms with Gasteiger partial charge in [0, 0.05) is 19.3 Å². The summed E-state index contributed by atoms with van der Waals surface area (Å²) in [6, 6.07) is 2.90. The fourth-order valence-electron chi connectivity index (χ4n) is 1.94. The number of pyridine rings is 1. The van der Waals surface area contributed by atoms with E-state index in [9.17, 15) is 13.5 Å². The molecule has 0 amide bonds. The van der Waals surface area contributed by atoms with E-state index < -0.39 is 15.6 Å². The highest BCUT2D eigenvalue weighted by molar-refractivity contribution is 7.89. The van der Waals surface area contributed by atoms with Gasteiger partial charge in [-0.25, -0.2) is 8.42 Å². The molecule has 6 nitrogen and oxygen atoms in total. The van der Waals surface area contributed by atoms with Gasteiger partial charge >= 0.3 is 0 Å². The van der Waals surface area contributed by atoms with Crippen LogP contribution in [0.1, 0.15) is 19.0 Å². The van der Waals surface area contributed by atoms with Crippen molar-refractivity contribution in [2.24, 2.45) is 5.73 Å². The van der Waals surface area contributed by atoms with Crippen LogP contribution in [-0.2, 0) is 10.0 Å². The number of thiocarbonyl (C=S) groups is 1. The van der Waals surface area contributed by atoms with Crippen molar-refractivity contribution in [1.29, 1.82) is 0 Å². The average molecular weight is 301 g/mol. The van der Waals surface area contributed by atoms with Gasteiger partial charge in [0.05, 0.1) is 11.3 Å². The van der Waals surface area contributed by atoms with Crippen molar-refractivity contribution in [3.05, 3.63) is 24.0 Å². The first-order chi connectivity index (χ1) is 8.72. The van der Waals surface area contributed by atoms with Crippen LogP contribution in [0.2, 0.25) is 0 Å². The molecule has 1 aliphatic rings. The van der Waals surface area contributed by atoms with Crippen molar-refractivity contribution in [1.82, 2.24) is 9.29 Å². The second kappa shape index (κ2) is 4.78. The summed E-state index contributed by atoms with van der Waals surface area (Å²) >= 11 is 4.76. The third-order valence-electron chi connectivity index (χ3n) is 3.04. The molecule has 1 saturated heterocycles. The summed E-state index contributed by atoms with van der Waals surface area (Å²) in [6.07, 6.45) is 1.65. The number of aliphatic hydroxyl groups is 1. The lowest BCUT2D eigenvalue weighted by atomic mass is 10.1. The number of nitrogens with two attached hydrogens (primary N) is 1. The van der Waals surface area contributed by atoms with E-state index >= 15 is 0 Å². The van der Waals surface area contributed by atoms with Crippen LogP contribution in [0.4, 0.5) is 0 Å². The quantitative estimate of drug-likeness (QED) is 0.754. The van der Waals surface area contributed by atoms with Gasteiger partial charge in [0.25, 0.3) is 0 Å². The maximum absolute atomic E-state index is 12.3. The van der Waals surface area contributed by atoms with Crippen molar-refractivity contribution < 1.29 is 13.5 Å². The second-order valence-electron chi connectivity index (χ2n) is 4.83. The smallest absolute Gasteiger partial charge is 0.244 e. The molecule has 2 heterocycles. The minimum absolute atomic E-state index is 0.0743. The van der Waals surface area contributed by atoms with Gasteiger partial charge < -0.3 is 10.8 Å². The zero-order valence-corrected chi connectivity index (χ0v) is 12.0. The van der Waals surface area contributed by atoms with Gasteiger partial charge in [-0.1, -0.05) is 12.2 Å². The van der Waals surface area contributed by atoms with E-state index in [0.717, 1.165) is 0 Å². The molecule has 0 aromatic carbocycles. The highest BCUT2D eigenvalue weighted by Gasteiger charge is 2.38. The number of nitrogens with zero attached hydrogens (tertiary/aromatic N) is 2. The molecule has 0 bridgehead atoms. The van der Waals surface area contributed by atoms with Crippen LogP contribution in [0.5, 0.6) is 0 Å². The first kappa shape index (κ1) is 14.3. The average Bonchev–Trinajstić information content (AvgIpc) is 2.70. The molecule has 19 heavy (non-hydrogen) atoms. The third-order valence-corrected chi connectivity index (χ3v) is 5.08. The standard InChI is InChI=1S/C11H15N3O3S2/c1-11(15)4-5-14(7-11)19(16,17)8-2-3-9(10(12)18)13-6-8/h2-3,6,15H,4-5,7H2,1H3,(H2,12,18). The Balaban J connectivity index is 2.28. The van der Waals surface area contributed by atoms with Gasteiger partial charge in [-0.2, -0.15) is 4.31 Å². The van der Waals surface area contributed by atoms with Crippen molar-refractivity contribution in [2.45, 2.75) is 23.8 Å². The van der Waals surface area contributed by atoms with Gasteiger partial charge in [0.1, 0.15) is 9.88 Å². The molecule has 8 heteroatoms. The second-order valence-corrected chi connectivity index (χ2v) is 7.21. The lowest BCUT2D eigenvalue weighted by Gasteiger charge is -2.18. The Bertz CT molecular complexity index is 596. The first-order valence-electron chi connectivity index (χ1n) is 5.71. The molecule has 0 aliphatic carbocycles.